The maximum absolute atomic E-state index is 12.5. The van der Waals surface area contributed by atoms with Crippen LogP contribution < -0.4 is 10.1 Å². The number of ether oxygens (including phenoxy) is 2. The zero-order chi connectivity index (χ0) is 15.3. The van der Waals surface area contributed by atoms with Crippen molar-refractivity contribution in [2.75, 3.05) is 19.7 Å². The third-order valence-electron chi connectivity index (χ3n) is 3.82. The zero-order valence-electron chi connectivity index (χ0n) is 12.0. The third kappa shape index (κ3) is 4.12. The molecule has 0 saturated carbocycles. The number of hydrogen-bond acceptors (Lipinski definition) is 4. The molecule has 0 amide bonds. The summed E-state index contributed by atoms with van der Waals surface area (Å²) < 4.78 is 35.0. The van der Waals surface area contributed by atoms with Crippen LogP contribution in [0.5, 0.6) is 5.75 Å². The number of aliphatic hydroxyl groups is 1. The minimum Gasteiger partial charge on any atom is -0.435 e. The molecule has 4 nitrogen and oxygen atoms in total. The fraction of sp³-hybridized carbons (Fsp3) is 0.600. The Morgan fingerprint density at radius 1 is 1.48 bits per heavy atom. The summed E-state index contributed by atoms with van der Waals surface area (Å²) in [6.45, 7) is 0.800. The van der Waals surface area contributed by atoms with Crippen LogP contribution in [-0.2, 0) is 11.2 Å². The summed E-state index contributed by atoms with van der Waals surface area (Å²) in [6, 6.07) is 6.54. The smallest absolute Gasteiger partial charge is 0.387 e. The minimum atomic E-state index is -2.88. The van der Waals surface area contributed by atoms with Crippen LogP contribution in [0.1, 0.15) is 18.9 Å². The summed E-state index contributed by atoms with van der Waals surface area (Å²) in [7, 11) is 0. The number of alkyl halides is 2. The van der Waals surface area contributed by atoms with Crippen molar-refractivity contribution in [3.63, 3.8) is 0 Å². The van der Waals surface area contributed by atoms with Crippen LogP contribution in [0.3, 0.4) is 0 Å². The topological polar surface area (TPSA) is 50.7 Å². The lowest BCUT2D eigenvalue weighted by Gasteiger charge is -2.38. The van der Waals surface area contributed by atoms with Crippen LogP contribution in [0.2, 0.25) is 0 Å². The molecule has 0 spiro atoms. The van der Waals surface area contributed by atoms with E-state index in [0.29, 0.717) is 25.1 Å². The fourth-order valence-corrected chi connectivity index (χ4v) is 2.57. The second-order valence-corrected chi connectivity index (χ2v) is 5.18. The molecule has 1 saturated heterocycles. The third-order valence-corrected chi connectivity index (χ3v) is 3.82. The predicted octanol–water partition coefficient (Wildman–Crippen LogP) is 1.96. The second kappa shape index (κ2) is 7.15. The molecule has 1 aliphatic rings. The Morgan fingerprint density at radius 2 is 2.24 bits per heavy atom. The lowest BCUT2D eigenvalue weighted by atomic mass is 9.85. The maximum atomic E-state index is 12.5. The van der Waals surface area contributed by atoms with Gasteiger partial charge in [-0.1, -0.05) is 25.1 Å². The molecule has 1 fully saturated rings. The monoisotopic (exact) mass is 301 g/mol. The van der Waals surface area contributed by atoms with Gasteiger partial charge in [-0.25, -0.2) is 0 Å². The van der Waals surface area contributed by atoms with E-state index in [1.165, 1.54) is 6.07 Å². The Labute approximate surface area is 123 Å². The standard InChI is InChI=1S/C15H21F2NO3/c1-2-15(19,13-10-18-7-8-20-13)9-11-5-3-4-6-12(11)21-14(16)17/h3-6,13-14,18-19H,2,7-10H2,1H3. The normalized spacial score (nSPS) is 22.0. The van der Waals surface area contributed by atoms with Crippen LogP contribution in [0.25, 0.3) is 0 Å². The summed E-state index contributed by atoms with van der Waals surface area (Å²) in [4.78, 5) is 0. The summed E-state index contributed by atoms with van der Waals surface area (Å²) in [5, 5.41) is 14.0. The highest BCUT2D eigenvalue weighted by molar-refractivity contribution is 5.34. The number of morpholine rings is 1. The van der Waals surface area contributed by atoms with Crippen molar-refractivity contribution in [2.24, 2.45) is 0 Å². The molecule has 1 heterocycles. The average molecular weight is 301 g/mol. The van der Waals surface area contributed by atoms with Gasteiger partial charge in [-0.05, 0) is 18.1 Å². The van der Waals surface area contributed by atoms with Crippen LogP contribution in [0.4, 0.5) is 8.78 Å². The van der Waals surface area contributed by atoms with E-state index in [1.54, 1.807) is 18.2 Å². The van der Waals surface area contributed by atoms with Crippen LogP contribution in [0, 0.1) is 0 Å². The van der Waals surface area contributed by atoms with E-state index < -0.39 is 12.2 Å². The molecule has 0 aliphatic carbocycles. The molecule has 0 aromatic heterocycles. The van der Waals surface area contributed by atoms with E-state index in [-0.39, 0.29) is 18.3 Å². The molecule has 1 aromatic rings. The van der Waals surface area contributed by atoms with E-state index in [9.17, 15) is 13.9 Å². The van der Waals surface area contributed by atoms with E-state index >= 15 is 0 Å². The van der Waals surface area contributed by atoms with E-state index in [4.69, 9.17) is 4.74 Å². The molecular formula is C15H21F2NO3. The van der Waals surface area contributed by atoms with E-state index in [0.717, 1.165) is 6.54 Å². The highest BCUT2D eigenvalue weighted by Gasteiger charge is 2.37. The van der Waals surface area contributed by atoms with Crippen molar-refractivity contribution in [1.82, 2.24) is 5.32 Å². The first-order chi connectivity index (χ1) is 10.0. The predicted molar refractivity (Wildman–Crippen MR) is 74.6 cm³/mol. The molecule has 0 radical (unpaired) electrons. The van der Waals surface area contributed by atoms with Crippen molar-refractivity contribution < 1.29 is 23.4 Å². The van der Waals surface area contributed by atoms with E-state index in [2.05, 4.69) is 10.1 Å². The van der Waals surface area contributed by atoms with Gasteiger partial charge in [0.2, 0.25) is 0 Å². The molecule has 2 rings (SSSR count). The minimum absolute atomic E-state index is 0.100. The van der Waals surface area contributed by atoms with Crippen LogP contribution in [-0.4, -0.2) is 43.1 Å². The summed E-state index contributed by atoms with van der Waals surface area (Å²) in [5.41, 5.74) is -0.564. The first-order valence-corrected chi connectivity index (χ1v) is 7.12. The Hall–Kier alpha value is -1.24. The molecule has 1 aromatic carbocycles. The molecule has 118 valence electrons. The van der Waals surface area contributed by atoms with Gasteiger partial charge >= 0.3 is 6.61 Å². The number of benzene rings is 1. The Kier molecular flexibility index (Phi) is 5.50. The highest BCUT2D eigenvalue weighted by Crippen LogP contribution is 2.29. The van der Waals surface area contributed by atoms with Crippen LogP contribution in [0.15, 0.2) is 24.3 Å². The lowest BCUT2D eigenvalue weighted by Crippen LogP contribution is -2.54. The van der Waals surface area contributed by atoms with Gasteiger partial charge < -0.3 is 19.9 Å². The molecule has 2 unspecified atom stereocenters. The second-order valence-electron chi connectivity index (χ2n) is 5.18. The number of hydrogen-bond donors (Lipinski definition) is 2. The van der Waals surface area contributed by atoms with Gasteiger partial charge in [0, 0.05) is 19.5 Å². The Morgan fingerprint density at radius 3 is 2.86 bits per heavy atom. The van der Waals surface area contributed by atoms with Gasteiger partial charge in [0.25, 0.3) is 0 Å². The zero-order valence-corrected chi connectivity index (χ0v) is 12.0. The Bertz CT molecular complexity index is 452. The quantitative estimate of drug-likeness (QED) is 0.843. The van der Waals surface area contributed by atoms with Gasteiger partial charge in [0.05, 0.1) is 18.3 Å². The first kappa shape index (κ1) is 16.1. The van der Waals surface area contributed by atoms with Gasteiger partial charge in [-0.15, -0.1) is 0 Å². The molecule has 21 heavy (non-hydrogen) atoms. The maximum Gasteiger partial charge on any atom is 0.387 e. The van der Waals surface area contributed by atoms with Crippen molar-refractivity contribution in [3.8, 4) is 5.75 Å². The summed E-state index contributed by atoms with van der Waals surface area (Å²) >= 11 is 0. The SMILES string of the molecule is CCC(O)(Cc1ccccc1OC(F)F)C1CNCCO1. The van der Waals surface area contributed by atoms with Crippen molar-refractivity contribution in [3.05, 3.63) is 29.8 Å². The van der Waals surface area contributed by atoms with Gasteiger partial charge in [-0.3, -0.25) is 0 Å². The number of rotatable bonds is 6. The lowest BCUT2D eigenvalue weighted by molar-refractivity contribution is -0.121. The molecule has 0 bridgehead atoms. The van der Waals surface area contributed by atoms with Gasteiger partial charge in [-0.2, -0.15) is 8.78 Å². The summed E-state index contributed by atoms with van der Waals surface area (Å²) in [5.74, 6) is 0.100. The largest absolute Gasteiger partial charge is 0.435 e. The van der Waals surface area contributed by atoms with Gasteiger partial charge in [0.1, 0.15) is 5.75 Å². The number of para-hydroxylation sites is 1. The number of nitrogens with one attached hydrogen (secondary N) is 1. The Balaban J connectivity index is 2.17. The van der Waals surface area contributed by atoms with E-state index in [1.807, 2.05) is 6.92 Å². The fourth-order valence-electron chi connectivity index (χ4n) is 2.57. The molecule has 6 heteroatoms. The van der Waals surface area contributed by atoms with Crippen molar-refractivity contribution in [2.45, 2.75) is 38.1 Å². The van der Waals surface area contributed by atoms with Crippen molar-refractivity contribution in [1.29, 1.82) is 0 Å². The van der Waals surface area contributed by atoms with Gasteiger partial charge in [0.15, 0.2) is 0 Å². The first-order valence-electron chi connectivity index (χ1n) is 7.12. The highest BCUT2D eigenvalue weighted by atomic mass is 19.3. The molecular weight excluding hydrogens is 280 g/mol. The molecule has 2 N–H and O–H groups in total. The average Bonchev–Trinajstić information content (AvgIpc) is 2.49. The van der Waals surface area contributed by atoms with Crippen LogP contribution >= 0.6 is 0 Å². The van der Waals surface area contributed by atoms with Crippen molar-refractivity contribution >= 4 is 0 Å². The molecule has 2 atom stereocenters. The summed E-state index contributed by atoms with van der Waals surface area (Å²) in [6.07, 6.45) is 0.303. The number of halogens is 2. The molecule has 1 aliphatic heterocycles.